The smallest absolute Gasteiger partial charge is 0.416 e. The van der Waals surface area contributed by atoms with E-state index in [0.29, 0.717) is 0 Å². The molecule has 1 amide bonds. The summed E-state index contributed by atoms with van der Waals surface area (Å²) in [6.45, 7) is 0.182. The molecule has 0 bridgehead atoms. The minimum absolute atomic E-state index is 0.0544. The third kappa shape index (κ3) is 5.85. The van der Waals surface area contributed by atoms with Crippen LogP contribution >= 0.6 is 0 Å². The maximum atomic E-state index is 12.7. The summed E-state index contributed by atoms with van der Waals surface area (Å²) in [4.78, 5) is 27.2. The summed E-state index contributed by atoms with van der Waals surface area (Å²) >= 11 is 0. The van der Waals surface area contributed by atoms with Gasteiger partial charge in [-0.05, 0) is 29.8 Å². The maximum Gasteiger partial charge on any atom is 0.416 e. The second-order valence-corrected chi connectivity index (χ2v) is 5.46. The molecule has 0 aliphatic carbocycles. The lowest BCUT2D eigenvalue weighted by Crippen LogP contribution is -2.39. The van der Waals surface area contributed by atoms with Crippen molar-refractivity contribution in [3.63, 3.8) is 0 Å². The number of nitrogens with one attached hydrogen (secondary N) is 2. The first kappa shape index (κ1) is 19.4. The zero-order valence-electron chi connectivity index (χ0n) is 13.5. The van der Waals surface area contributed by atoms with E-state index in [2.05, 4.69) is 15.6 Å². The number of carbonyl (C=O) groups is 2. The largest absolute Gasteiger partial charge is 0.480 e. The molecule has 6 nitrogen and oxygen atoms in total. The molecule has 0 saturated carbocycles. The van der Waals surface area contributed by atoms with Gasteiger partial charge in [-0.25, -0.2) is 0 Å². The molecule has 138 valence electrons. The Labute approximate surface area is 147 Å². The minimum Gasteiger partial charge on any atom is -0.480 e. The lowest BCUT2D eigenvalue weighted by molar-refractivity contribution is -0.141. The van der Waals surface area contributed by atoms with Crippen LogP contribution in [0.3, 0.4) is 0 Å². The summed E-state index contributed by atoms with van der Waals surface area (Å²) < 4.78 is 38.0. The normalized spacial score (nSPS) is 12.4. The van der Waals surface area contributed by atoms with Gasteiger partial charge in [0.15, 0.2) is 0 Å². The molecule has 26 heavy (non-hydrogen) atoms. The number of aliphatic carboxylic acids is 1. The van der Waals surface area contributed by atoms with E-state index in [1.807, 2.05) is 0 Å². The van der Waals surface area contributed by atoms with Crippen molar-refractivity contribution in [2.45, 2.75) is 25.2 Å². The Morgan fingerprint density at radius 1 is 1.19 bits per heavy atom. The number of hydrogen-bond donors (Lipinski definition) is 3. The summed E-state index contributed by atoms with van der Waals surface area (Å²) in [7, 11) is 0. The highest BCUT2D eigenvalue weighted by Crippen LogP contribution is 2.30. The second kappa shape index (κ2) is 8.43. The highest BCUT2D eigenvalue weighted by molar-refractivity contribution is 5.94. The highest BCUT2D eigenvalue weighted by Gasteiger charge is 2.30. The highest BCUT2D eigenvalue weighted by atomic mass is 19.4. The lowest BCUT2D eigenvalue weighted by atomic mass is 10.1. The van der Waals surface area contributed by atoms with E-state index in [1.54, 1.807) is 24.5 Å². The van der Waals surface area contributed by atoms with Crippen LogP contribution in [-0.4, -0.2) is 28.0 Å². The molecule has 1 aromatic carbocycles. The van der Waals surface area contributed by atoms with Gasteiger partial charge in [-0.2, -0.15) is 13.2 Å². The van der Waals surface area contributed by atoms with Gasteiger partial charge in [0, 0.05) is 24.6 Å². The fraction of sp³-hybridized carbons (Fsp3) is 0.235. The van der Waals surface area contributed by atoms with Gasteiger partial charge in [0.2, 0.25) is 5.91 Å². The molecule has 1 atom stereocenters. The molecule has 0 radical (unpaired) electrons. The van der Waals surface area contributed by atoms with E-state index in [1.165, 1.54) is 6.07 Å². The quantitative estimate of drug-likeness (QED) is 0.700. The Bertz CT molecular complexity index is 767. The standard InChI is InChI=1S/C17H16F3N3O3/c18-17(19,20)12-4-1-5-13(7-12)23-15(24)8-14(16(25)26)22-10-11-3-2-6-21-9-11/h1-7,9,14,22H,8,10H2,(H,23,24)(H,25,26)/t14-/m0/s1. The molecule has 0 aliphatic heterocycles. The molecule has 0 spiro atoms. The van der Waals surface area contributed by atoms with Crippen molar-refractivity contribution in [1.82, 2.24) is 10.3 Å². The van der Waals surface area contributed by atoms with E-state index in [-0.39, 0.29) is 12.2 Å². The topological polar surface area (TPSA) is 91.3 Å². The van der Waals surface area contributed by atoms with Crippen LogP contribution in [0.1, 0.15) is 17.5 Å². The number of amides is 1. The van der Waals surface area contributed by atoms with Gasteiger partial charge in [-0.15, -0.1) is 0 Å². The SMILES string of the molecule is O=C(C[C@H](NCc1cccnc1)C(=O)O)Nc1cccc(C(F)(F)F)c1. The zero-order valence-corrected chi connectivity index (χ0v) is 13.5. The Morgan fingerprint density at radius 3 is 2.58 bits per heavy atom. The van der Waals surface area contributed by atoms with E-state index < -0.39 is 36.1 Å². The van der Waals surface area contributed by atoms with Gasteiger partial charge in [0.05, 0.1) is 12.0 Å². The Kier molecular flexibility index (Phi) is 6.29. The van der Waals surface area contributed by atoms with Crippen LogP contribution in [-0.2, 0) is 22.3 Å². The molecule has 0 unspecified atom stereocenters. The van der Waals surface area contributed by atoms with Gasteiger partial charge in [-0.3, -0.25) is 19.9 Å². The number of alkyl halides is 3. The summed E-state index contributed by atoms with van der Waals surface area (Å²) in [5.41, 5.74) is -0.224. The van der Waals surface area contributed by atoms with Crippen LogP contribution < -0.4 is 10.6 Å². The van der Waals surface area contributed by atoms with Crippen molar-refractivity contribution < 1.29 is 27.9 Å². The third-order valence-electron chi connectivity index (χ3n) is 3.44. The van der Waals surface area contributed by atoms with Crippen molar-refractivity contribution in [1.29, 1.82) is 0 Å². The maximum absolute atomic E-state index is 12.7. The van der Waals surface area contributed by atoms with Gasteiger partial charge >= 0.3 is 12.1 Å². The molecular formula is C17H16F3N3O3. The van der Waals surface area contributed by atoms with Gasteiger partial charge in [0.1, 0.15) is 6.04 Å². The summed E-state index contributed by atoms with van der Waals surface area (Å²) in [5.74, 6) is -1.96. The number of rotatable bonds is 7. The summed E-state index contributed by atoms with van der Waals surface area (Å²) in [6.07, 6.45) is -1.85. The minimum atomic E-state index is -4.53. The van der Waals surface area contributed by atoms with Gasteiger partial charge in [0.25, 0.3) is 0 Å². The number of halogens is 3. The first-order chi connectivity index (χ1) is 12.3. The monoisotopic (exact) mass is 367 g/mol. The average molecular weight is 367 g/mol. The van der Waals surface area contributed by atoms with Crippen LogP contribution in [0.15, 0.2) is 48.8 Å². The zero-order chi connectivity index (χ0) is 19.2. The van der Waals surface area contributed by atoms with Crippen molar-refractivity contribution >= 4 is 17.6 Å². The predicted molar refractivity (Wildman–Crippen MR) is 87.2 cm³/mol. The number of aromatic nitrogens is 1. The molecular weight excluding hydrogens is 351 g/mol. The molecule has 1 aromatic heterocycles. The van der Waals surface area contributed by atoms with Crippen LogP contribution in [0, 0.1) is 0 Å². The molecule has 9 heteroatoms. The number of carboxylic acid groups (broad SMARTS) is 1. The number of hydrogen-bond acceptors (Lipinski definition) is 4. The number of nitrogens with zero attached hydrogens (tertiary/aromatic N) is 1. The summed E-state index contributed by atoms with van der Waals surface area (Å²) in [5, 5.41) is 14.2. The Balaban J connectivity index is 1.96. The first-order valence-electron chi connectivity index (χ1n) is 7.58. The Hall–Kier alpha value is -2.94. The van der Waals surface area contributed by atoms with Crippen molar-refractivity contribution in [3.05, 3.63) is 59.9 Å². The molecule has 3 N–H and O–H groups in total. The molecule has 1 heterocycles. The van der Waals surface area contributed by atoms with Crippen molar-refractivity contribution in [3.8, 4) is 0 Å². The number of anilines is 1. The fourth-order valence-corrected chi connectivity index (χ4v) is 2.16. The first-order valence-corrected chi connectivity index (χ1v) is 7.58. The molecule has 2 aromatic rings. The third-order valence-corrected chi connectivity index (χ3v) is 3.44. The number of carbonyl (C=O) groups excluding carboxylic acids is 1. The van der Waals surface area contributed by atoms with E-state index >= 15 is 0 Å². The van der Waals surface area contributed by atoms with Crippen LogP contribution in [0.5, 0.6) is 0 Å². The Morgan fingerprint density at radius 2 is 1.96 bits per heavy atom. The number of benzene rings is 1. The number of carboxylic acids is 1. The van der Waals surface area contributed by atoms with Gasteiger partial charge < -0.3 is 10.4 Å². The van der Waals surface area contributed by atoms with Crippen LogP contribution in [0.2, 0.25) is 0 Å². The average Bonchev–Trinajstić information content (AvgIpc) is 2.58. The van der Waals surface area contributed by atoms with E-state index in [9.17, 15) is 27.9 Å². The predicted octanol–water partition coefficient (Wildman–Crippen LogP) is 2.67. The fourth-order valence-electron chi connectivity index (χ4n) is 2.16. The van der Waals surface area contributed by atoms with Crippen molar-refractivity contribution in [2.75, 3.05) is 5.32 Å². The second-order valence-electron chi connectivity index (χ2n) is 5.46. The lowest BCUT2D eigenvalue weighted by Gasteiger charge is -2.15. The summed E-state index contributed by atoms with van der Waals surface area (Å²) in [6, 6.07) is 6.36. The van der Waals surface area contributed by atoms with Crippen LogP contribution in [0.25, 0.3) is 0 Å². The number of pyridine rings is 1. The molecule has 0 saturated heterocycles. The van der Waals surface area contributed by atoms with Crippen molar-refractivity contribution in [2.24, 2.45) is 0 Å². The molecule has 0 fully saturated rings. The molecule has 0 aliphatic rings. The molecule has 2 rings (SSSR count). The van der Waals surface area contributed by atoms with E-state index in [0.717, 1.165) is 23.8 Å². The van der Waals surface area contributed by atoms with E-state index in [4.69, 9.17) is 0 Å². The van der Waals surface area contributed by atoms with Gasteiger partial charge in [-0.1, -0.05) is 12.1 Å². The van der Waals surface area contributed by atoms with Crippen LogP contribution in [0.4, 0.5) is 18.9 Å².